The Morgan fingerprint density at radius 1 is 1.24 bits per heavy atom. The van der Waals surface area contributed by atoms with Crippen molar-refractivity contribution in [3.8, 4) is 0 Å². The van der Waals surface area contributed by atoms with E-state index in [0.29, 0.717) is 17.7 Å². The van der Waals surface area contributed by atoms with Crippen LogP contribution in [0.2, 0.25) is 0 Å². The summed E-state index contributed by atoms with van der Waals surface area (Å²) >= 11 is 0. The van der Waals surface area contributed by atoms with Crippen LogP contribution in [-0.4, -0.2) is 21.0 Å². The molecular weight excluding hydrogens is 290 g/mol. The fourth-order valence-electron chi connectivity index (χ4n) is 1.73. The summed E-state index contributed by atoms with van der Waals surface area (Å²) in [5.41, 5.74) is 1.69. The molecule has 0 aliphatic carbocycles. The number of primary sulfonamides is 1. The van der Waals surface area contributed by atoms with Gasteiger partial charge in [0.2, 0.25) is 10.0 Å². The maximum Gasteiger partial charge on any atom is 0.338 e. The first-order chi connectivity index (χ1) is 9.42. The summed E-state index contributed by atoms with van der Waals surface area (Å²) < 4.78 is 28.1. The van der Waals surface area contributed by atoms with E-state index < -0.39 is 16.0 Å². The summed E-state index contributed by atoms with van der Waals surface area (Å²) in [7, 11) is -3.85. The highest BCUT2D eigenvalue weighted by Crippen LogP contribution is 2.21. The summed E-state index contributed by atoms with van der Waals surface area (Å²) in [6.45, 7) is 9.94. The molecule has 0 radical (unpaired) electrons. The molecule has 0 aromatic heterocycles. The van der Waals surface area contributed by atoms with Crippen molar-refractivity contribution in [2.45, 2.75) is 45.9 Å². The molecule has 0 aliphatic rings. The van der Waals surface area contributed by atoms with E-state index in [-0.39, 0.29) is 15.9 Å². The summed E-state index contributed by atoms with van der Waals surface area (Å²) in [5.74, 6) is -0.523. The van der Waals surface area contributed by atoms with Gasteiger partial charge in [-0.2, -0.15) is 0 Å². The van der Waals surface area contributed by atoms with Crippen molar-refractivity contribution in [1.82, 2.24) is 0 Å². The van der Waals surface area contributed by atoms with E-state index in [0.717, 1.165) is 6.42 Å². The molecule has 0 aliphatic heterocycles. The number of ether oxygens (including phenoxy) is 1. The van der Waals surface area contributed by atoms with Crippen LogP contribution in [0.25, 0.3) is 0 Å². The third-order valence-electron chi connectivity index (χ3n) is 3.27. The lowest BCUT2D eigenvalue weighted by atomic mass is 9.93. The molecule has 0 atom stereocenters. The molecule has 5 nitrogen and oxygen atoms in total. The second kappa shape index (κ2) is 6.15. The second-order valence-electron chi connectivity index (χ2n) is 6.40. The van der Waals surface area contributed by atoms with Gasteiger partial charge in [-0.25, -0.2) is 18.4 Å². The SMILES string of the molecule is Cc1cc(S(N)(=O)=O)cc(C(=O)OCCC(C)(C)C)c1C. The highest BCUT2D eigenvalue weighted by molar-refractivity contribution is 7.89. The summed E-state index contributed by atoms with van der Waals surface area (Å²) in [5, 5.41) is 5.12. The molecule has 0 spiro atoms. The quantitative estimate of drug-likeness (QED) is 0.865. The lowest BCUT2D eigenvalue weighted by molar-refractivity contribution is 0.0463. The van der Waals surface area contributed by atoms with Crippen LogP contribution >= 0.6 is 0 Å². The number of sulfonamides is 1. The number of esters is 1. The highest BCUT2D eigenvalue weighted by Gasteiger charge is 2.19. The van der Waals surface area contributed by atoms with Crippen LogP contribution in [0, 0.1) is 19.3 Å². The van der Waals surface area contributed by atoms with Crippen molar-refractivity contribution in [1.29, 1.82) is 0 Å². The van der Waals surface area contributed by atoms with Crippen molar-refractivity contribution in [2.24, 2.45) is 10.6 Å². The van der Waals surface area contributed by atoms with E-state index in [4.69, 9.17) is 9.88 Å². The average molecular weight is 313 g/mol. The zero-order chi connectivity index (χ0) is 16.4. The predicted molar refractivity (Wildman–Crippen MR) is 81.6 cm³/mol. The number of carbonyl (C=O) groups is 1. The smallest absolute Gasteiger partial charge is 0.338 e. The van der Waals surface area contributed by atoms with E-state index in [9.17, 15) is 13.2 Å². The van der Waals surface area contributed by atoms with Crippen molar-refractivity contribution in [3.05, 3.63) is 28.8 Å². The van der Waals surface area contributed by atoms with Gasteiger partial charge < -0.3 is 4.74 Å². The molecule has 2 N–H and O–H groups in total. The average Bonchev–Trinajstić information content (AvgIpc) is 2.29. The van der Waals surface area contributed by atoms with Gasteiger partial charge in [0.05, 0.1) is 17.1 Å². The molecule has 0 bridgehead atoms. The van der Waals surface area contributed by atoms with Gasteiger partial charge in [0, 0.05) is 0 Å². The molecule has 0 heterocycles. The predicted octanol–water partition coefficient (Wildman–Crippen LogP) is 2.54. The molecule has 6 heteroatoms. The van der Waals surface area contributed by atoms with Crippen LogP contribution in [0.15, 0.2) is 17.0 Å². The fourth-order valence-corrected chi connectivity index (χ4v) is 2.35. The Balaban J connectivity index is 3.02. The van der Waals surface area contributed by atoms with Gasteiger partial charge in [0.15, 0.2) is 0 Å². The Morgan fingerprint density at radius 3 is 2.29 bits per heavy atom. The van der Waals surface area contributed by atoms with Gasteiger partial charge >= 0.3 is 5.97 Å². The zero-order valence-electron chi connectivity index (χ0n) is 13.2. The largest absolute Gasteiger partial charge is 0.462 e. The van der Waals surface area contributed by atoms with E-state index in [1.165, 1.54) is 12.1 Å². The van der Waals surface area contributed by atoms with Gasteiger partial charge in [-0.3, -0.25) is 0 Å². The number of hydrogen-bond acceptors (Lipinski definition) is 4. The second-order valence-corrected chi connectivity index (χ2v) is 7.97. The molecule has 21 heavy (non-hydrogen) atoms. The Hall–Kier alpha value is -1.40. The highest BCUT2D eigenvalue weighted by atomic mass is 32.2. The van der Waals surface area contributed by atoms with E-state index in [1.54, 1.807) is 13.8 Å². The molecule has 0 amide bonds. The van der Waals surface area contributed by atoms with Crippen LogP contribution in [0.1, 0.15) is 48.7 Å². The third-order valence-corrected chi connectivity index (χ3v) is 4.17. The fraction of sp³-hybridized carbons (Fsp3) is 0.533. The van der Waals surface area contributed by atoms with Crippen molar-refractivity contribution < 1.29 is 17.9 Å². The molecule has 0 saturated carbocycles. The third kappa shape index (κ3) is 5.13. The first-order valence-electron chi connectivity index (χ1n) is 6.73. The number of hydrogen-bond donors (Lipinski definition) is 1. The van der Waals surface area contributed by atoms with Crippen LogP contribution in [-0.2, 0) is 14.8 Å². The Labute approximate surface area is 126 Å². The van der Waals surface area contributed by atoms with Crippen LogP contribution in [0.5, 0.6) is 0 Å². The summed E-state index contributed by atoms with van der Waals surface area (Å²) in [6, 6.07) is 2.73. The van der Waals surface area contributed by atoms with E-state index >= 15 is 0 Å². The van der Waals surface area contributed by atoms with Crippen molar-refractivity contribution >= 4 is 16.0 Å². The van der Waals surface area contributed by atoms with E-state index in [2.05, 4.69) is 20.8 Å². The van der Waals surface area contributed by atoms with Crippen LogP contribution in [0.4, 0.5) is 0 Å². The number of aryl methyl sites for hydroxylation is 1. The van der Waals surface area contributed by atoms with E-state index in [1.807, 2.05) is 0 Å². The topological polar surface area (TPSA) is 86.5 Å². The molecule has 1 rings (SSSR count). The van der Waals surface area contributed by atoms with Gasteiger partial charge in [-0.1, -0.05) is 20.8 Å². The maximum atomic E-state index is 12.1. The molecule has 0 saturated heterocycles. The van der Waals surface area contributed by atoms with Gasteiger partial charge in [-0.05, 0) is 48.9 Å². The summed E-state index contributed by atoms with van der Waals surface area (Å²) in [6.07, 6.45) is 0.728. The first-order valence-corrected chi connectivity index (χ1v) is 8.27. The lowest BCUT2D eigenvalue weighted by Gasteiger charge is -2.18. The van der Waals surface area contributed by atoms with Crippen LogP contribution < -0.4 is 5.14 Å². The van der Waals surface area contributed by atoms with Crippen LogP contribution in [0.3, 0.4) is 0 Å². The number of carbonyl (C=O) groups excluding carboxylic acids is 1. The molecule has 118 valence electrons. The summed E-state index contributed by atoms with van der Waals surface area (Å²) in [4.78, 5) is 12.0. The number of rotatable bonds is 4. The Bertz CT molecular complexity index is 642. The van der Waals surface area contributed by atoms with Crippen molar-refractivity contribution in [3.63, 3.8) is 0 Å². The molecule has 0 fully saturated rings. The maximum absolute atomic E-state index is 12.1. The Morgan fingerprint density at radius 2 is 1.81 bits per heavy atom. The zero-order valence-corrected chi connectivity index (χ0v) is 14.0. The minimum Gasteiger partial charge on any atom is -0.462 e. The first kappa shape index (κ1) is 17.7. The van der Waals surface area contributed by atoms with Crippen molar-refractivity contribution in [2.75, 3.05) is 6.61 Å². The lowest BCUT2D eigenvalue weighted by Crippen LogP contribution is -2.17. The standard InChI is InChI=1S/C15H23NO4S/c1-10-8-12(21(16,18)19)9-13(11(10)2)14(17)20-7-6-15(3,4)5/h8-9H,6-7H2,1-5H3,(H2,16,18,19). The Kier molecular flexibility index (Phi) is 5.17. The van der Waals surface area contributed by atoms with Gasteiger partial charge in [0.25, 0.3) is 0 Å². The van der Waals surface area contributed by atoms with Gasteiger partial charge in [-0.15, -0.1) is 0 Å². The minimum absolute atomic E-state index is 0.0632. The normalized spacial score (nSPS) is 12.3. The number of benzene rings is 1. The monoisotopic (exact) mass is 313 g/mol. The molecule has 0 unspecified atom stereocenters. The molecule has 1 aromatic rings. The molecular formula is C15H23NO4S. The molecule has 1 aromatic carbocycles. The van der Waals surface area contributed by atoms with Gasteiger partial charge in [0.1, 0.15) is 0 Å². The number of nitrogens with two attached hydrogens (primary N) is 1. The minimum atomic E-state index is -3.85.